The van der Waals surface area contributed by atoms with Gasteiger partial charge in [0.15, 0.2) is 0 Å². The number of methoxy groups -OCH3 is 1. The minimum atomic E-state index is -0.386. The third-order valence-electron chi connectivity index (χ3n) is 3.83. The van der Waals surface area contributed by atoms with E-state index in [0.29, 0.717) is 17.1 Å². The lowest BCUT2D eigenvalue weighted by Crippen LogP contribution is -2.28. The maximum atomic E-state index is 12.1. The van der Waals surface area contributed by atoms with Gasteiger partial charge in [-0.05, 0) is 30.4 Å². The Bertz CT molecular complexity index is 725. The molecule has 0 saturated carbocycles. The van der Waals surface area contributed by atoms with Gasteiger partial charge in [-0.1, -0.05) is 30.3 Å². The van der Waals surface area contributed by atoms with Crippen molar-refractivity contribution in [1.82, 2.24) is 5.32 Å². The fourth-order valence-electron chi connectivity index (χ4n) is 2.74. The zero-order valence-corrected chi connectivity index (χ0v) is 13.7. The van der Waals surface area contributed by atoms with Crippen molar-refractivity contribution in [3.05, 3.63) is 51.9 Å². The van der Waals surface area contributed by atoms with Crippen LogP contribution in [0, 0.1) is 0 Å². The van der Waals surface area contributed by atoms with Crippen LogP contribution in [0.4, 0.5) is 9.80 Å². The van der Waals surface area contributed by atoms with Gasteiger partial charge in [-0.15, -0.1) is 11.3 Å². The molecule has 2 amide bonds. The van der Waals surface area contributed by atoms with Crippen molar-refractivity contribution in [2.45, 2.75) is 25.8 Å². The van der Waals surface area contributed by atoms with Gasteiger partial charge in [0.05, 0.1) is 12.7 Å². The number of nitrogens with one attached hydrogen (secondary N) is 2. The van der Waals surface area contributed by atoms with Crippen LogP contribution in [0.1, 0.15) is 32.8 Å². The predicted octanol–water partition coefficient (Wildman–Crippen LogP) is 3.35. The molecule has 23 heavy (non-hydrogen) atoms. The third-order valence-corrected chi connectivity index (χ3v) is 5.04. The second-order valence-corrected chi connectivity index (χ2v) is 6.45. The molecule has 0 aliphatic heterocycles. The highest BCUT2D eigenvalue weighted by Gasteiger charge is 2.27. The minimum absolute atomic E-state index is 0.320. The molecule has 2 aromatic rings. The maximum absolute atomic E-state index is 12.1. The molecular weight excluding hydrogens is 312 g/mol. The Kier molecular flexibility index (Phi) is 4.62. The summed E-state index contributed by atoms with van der Waals surface area (Å²) in [6.45, 7) is 0.436. The number of fused-ring (bicyclic) bond motifs is 1. The van der Waals surface area contributed by atoms with E-state index in [-0.39, 0.29) is 12.0 Å². The number of rotatable bonds is 4. The van der Waals surface area contributed by atoms with Gasteiger partial charge in [0.1, 0.15) is 5.00 Å². The monoisotopic (exact) mass is 330 g/mol. The average Bonchev–Trinajstić information content (AvgIpc) is 3.14. The lowest BCUT2D eigenvalue weighted by Gasteiger charge is -2.08. The van der Waals surface area contributed by atoms with E-state index in [1.54, 1.807) is 0 Å². The van der Waals surface area contributed by atoms with E-state index >= 15 is 0 Å². The van der Waals surface area contributed by atoms with Crippen LogP contribution >= 0.6 is 11.3 Å². The van der Waals surface area contributed by atoms with Gasteiger partial charge in [0.25, 0.3) is 0 Å². The topological polar surface area (TPSA) is 67.4 Å². The molecule has 0 bridgehead atoms. The maximum Gasteiger partial charge on any atom is 0.341 e. The van der Waals surface area contributed by atoms with Gasteiger partial charge in [-0.2, -0.15) is 0 Å². The van der Waals surface area contributed by atoms with E-state index < -0.39 is 0 Å². The molecule has 2 N–H and O–H groups in total. The van der Waals surface area contributed by atoms with Crippen LogP contribution in [0.2, 0.25) is 0 Å². The predicted molar refractivity (Wildman–Crippen MR) is 90.0 cm³/mol. The van der Waals surface area contributed by atoms with Gasteiger partial charge in [0, 0.05) is 11.4 Å². The highest BCUT2D eigenvalue weighted by molar-refractivity contribution is 7.17. The number of anilines is 1. The van der Waals surface area contributed by atoms with Crippen molar-refractivity contribution in [3.8, 4) is 0 Å². The lowest BCUT2D eigenvalue weighted by molar-refractivity contribution is 0.0601. The Hall–Kier alpha value is -2.34. The molecule has 1 aliphatic rings. The summed E-state index contributed by atoms with van der Waals surface area (Å²) in [6, 6.07) is 9.35. The van der Waals surface area contributed by atoms with Crippen LogP contribution in [0.5, 0.6) is 0 Å². The molecule has 0 atom stereocenters. The molecule has 5 nitrogen and oxygen atoms in total. The van der Waals surface area contributed by atoms with Gasteiger partial charge in [-0.3, -0.25) is 5.32 Å². The summed E-state index contributed by atoms with van der Waals surface area (Å²) in [5.74, 6) is -0.386. The largest absolute Gasteiger partial charge is 0.465 e. The average molecular weight is 330 g/mol. The summed E-state index contributed by atoms with van der Waals surface area (Å²) < 4.78 is 4.87. The van der Waals surface area contributed by atoms with Crippen LogP contribution in [0.3, 0.4) is 0 Å². The van der Waals surface area contributed by atoms with E-state index in [1.807, 2.05) is 30.3 Å². The number of esters is 1. The summed E-state index contributed by atoms with van der Waals surface area (Å²) in [6.07, 6.45) is 2.87. The Morgan fingerprint density at radius 1 is 1.22 bits per heavy atom. The van der Waals surface area contributed by atoms with Crippen molar-refractivity contribution < 1.29 is 14.3 Å². The van der Waals surface area contributed by atoms with E-state index in [2.05, 4.69) is 10.6 Å². The molecular formula is C17H18N2O3S. The third kappa shape index (κ3) is 3.37. The first kappa shape index (κ1) is 15.6. The van der Waals surface area contributed by atoms with Gasteiger partial charge in [-0.25, -0.2) is 9.59 Å². The van der Waals surface area contributed by atoms with E-state index in [0.717, 1.165) is 30.4 Å². The Morgan fingerprint density at radius 2 is 2.00 bits per heavy atom. The molecule has 0 spiro atoms. The van der Waals surface area contributed by atoms with Crippen molar-refractivity contribution >= 4 is 28.3 Å². The van der Waals surface area contributed by atoms with Crippen molar-refractivity contribution in [3.63, 3.8) is 0 Å². The van der Waals surface area contributed by atoms with Gasteiger partial charge >= 0.3 is 12.0 Å². The Balaban J connectivity index is 1.70. The standard InChI is InChI=1S/C17H18N2O3S/c1-22-16(20)14-12-8-5-9-13(12)23-15(14)19-17(21)18-10-11-6-3-2-4-7-11/h2-4,6-7H,5,8-10H2,1H3,(H2,18,19,21). The number of amides is 2. The number of carbonyl (C=O) groups is 2. The lowest BCUT2D eigenvalue weighted by atomic mass is 10.1. The summed E-state index contributed by atoms with van der Waals surface area (Å²) in [5.41, 5.74) is 2.56. The molecule has 6 heteroatoms. The second kappa shape index (κ2) is 6.83. The highest BCUT2D eigenvalue weighted by atomic mass is 32.1. The summed E-state index contributed by atoms with van der Waals surface area (Å²) in [5, 5.41) is 6.17. The molecule has 1 aliphatic carbocycles. The van der Waals surface area contributed by atoms with Gasteiger partial charge in [0.2, 0.25) is 0 Å². The molecule has 0 saturated heterocycles. The molecule has 3 rings (SSSR count). The van der Waals surface area contributed by atoms with E-state index in [4.69, 9.17) is 4.74 Å². The second-order valence-electron chi connectivity index (χ2n) is 5.35. The fraction of sp³-hybridized carbons (Fsp3) is 0.294. The fourth-order valence-corrected chi connectivity index (χ4v) is 4.01. The summed E-state index contributed by atoms with van der Waals surface area (Å²) >= 11 is 1.47. The normalized spacial score (nSPS) is 12.6. The van der Waals surface area contributed by atoms with Crippen LogP contribution in [-0.4, -0.2) is 19.1 Å². The van der Waals surface area contributed by atoms with Crippen LogP contribution in [-0.2, 0) is 24.1 Å². The van der Waals surface area contributed by atoms with Crippen molar-refractivity contribution in [1.29, 1.82) is 0 Å². The Labute approximate surface area is 138 Å². The van der Waals surface area contributed by atoms with E-state index in [9.17, 15) is 9.59 Å². The Morgan fingerprint density at radius 3 is 2.74 bits per heavy atom. The van der Waals surface area contributed by atoms with Crippen LogP contribution < -0.4 is 10.6 Å². The number of benzene rings is 1. The molecule has 0 radical (unpaired) electrons. The number of aryl methyl sites for hydroxylation is 1. The van der Waals surface area contributed by atoms with Crippen molar-refractivity contribution in [2.75, 3.05) is 12.4 Å². The first-order valence-electron chi connectivity index (χ1n) is 7.50. The van der Waals surface area contributed by atoms with Crippen LogP contribution in [0.25, 0.3) is 0 Å². The summed E-state index contributed by atoms with van der Waals surface area (Å²) in [4.78, 5) is 25.3. The van der Waals surface area contributed by atoms with Crippen molar-refractivity contribution in [2.24, 2.45) is 0 Å². The number of thiophene rings is 1. The minimum Gasteiger partial charge on any atom is -0.465 e. The van der Waals surface area contributed by atoms with Gasteiger partial charge < -0.3 is 10.1 Å². The highest BCUT2D eigenvalue weighted by Crippen LogP contribution is 2.39. The quantitative estimate of drug-likeness (QED) is 0.845. The zero-order valence-electron chi connectivity index (χ0n) is 12.8. The molecule has 0 fully saturated rings. The molecule has 1 aromatic heterocycles. The molecule has 0 unspecified atom stereocenters. The number of urea groups is 1. The molecule has 1 heterocycles. The molecule has 1 aromatic carbocycles. The van der Waals surface area contributed by atoms with E-state index in [1.165, 1.54) is 23.3 Å². The summed E-state index contributed by atoms with van der Waals surface area (Å²) in [7, 11) is 1.36. The number of hydrogen-bond donors (Lipinski definition) is 2. The number of ether oxygens (including phenoxy) is 1. The smallest absolute Gasteiger partial charge is 0.341 e. The number of carbonyl (C=O) groups excluding carboxylic acids is 2. The first-order chi connectivity index (χ1) is 11.2. The molecule has 120 valence electrons. The SMILES string of the molecule is COC(=O)c1c(NC(=O)NCc2ccccc2)sc2c1CCC2. The van der Waals surface area contributed by atoms with Crippen LogP contribution in [0.15, 0.2) is 30.3 Å². The number of hydrogen-bond acceptors (Lipinski definition) is 4. The first-order valence-corrected chi connectivity index (χ1v) is 8.32. The zero-order chi connectivity index (χ0) is 16.2.